The molecule has 0 bridgehead atoms. The van der Waals surface area contributed by atoms with E-state index in [0.29, 0.717) is 13.1 Å². The summed E-state index contributed by atoms with van der Waals surface area (Å²) in [5, 5.41) is 2.90. The first-order valence-electron chi connectivity index (χ1n) is 7.90. The Balaban J connectivity index is 1.91. The number of hydrogen-bond acceptors (Lipinski definition) is 2. The van der Waals surface area contributed by atoms with E-state index < -0.39 is 0 Å². The Hall–Kier alpha value is -2.40. The van der Waals surface area contributed by atoms with Crippen molar-refractivity contribution in [3.63, 3.8) is 0 Å². The lowest BCUT2D eigenvalue weighted by Gasteiger charge is -2.15. The molecule has 4 nitrogen and oxygen atoms in total. The zero-order valence-electron chi connectivity index (χ0n) is 14.6. The summed E-state index contributed by atoms with van der Waals surface area (Å²) in [6, 6.07) is 10.7. The number of carbonyl (C=O) groups is 1. The predicted molar refractivity (Wildman–Crippen MR) is 93.0 cm³/mol. The monoisotopic (exact) mass is 331 g/mol. The van der Waals surface area contributed by atoms with Gasteiger partial charge in [-0.05, 0) is 55.3 Å². The fourth-order valence-corrected chi connectivity index (χ4v) is 2.53. The molecule has 128 valence electrons. The van der Waals surface area contributed by atoms with Crippen molar-refractivity contribution in [2.45, 2.75) is 20.4 Å². The number of rotatable bonds is 6. The average molecular weight is 331 g/mol. The minimum atomic E-state index is -0.387. The van der Waals surface area contributed by atoms with E-state index in [9.17, 15) is 9.18 Å². The van der Waals surface area contributed by atoms with Crippen molar-refractivity contribution in [2.24, 2.45) is 0 Å². The lowest BCUT2D eigenvalue weighted by molar-refractivity contribution is -0.885. The van der Waals surface area contributed by atoms with E-state index in [1.165, 1.54) is 18.7 Å². The van der Waals surface area contributed by atoms with Crippen LogP contribution in [0.1, 0.15) is 16.7 Å². The molecule has 1 atom stereocenters. The van der Waals surface area contributed by atoms with Gasteiger partial charge in [0, 0.05) is 11.3 Å². The third-order valence-corrected chi connectivity index (χ3v) is 3.98. The molecule has 0 aliphatic carbocycles. The average Bonchev–Trinajstić information content (AvgIpc) is 2.51. The van der Waals surface area contributed by atoms with Gasteiger partial charge in [0.25, 0.3) is 5.91 Å². The Morgan fingerprint density at radius 3 is 2.54 bits per heavy atom. The molecule has 0 radical (unpaired) electrons. The van der Waals surface area contributed by atoms with Gasteiger partial charge in [-0.15, -0.1) is 0 Å². The third kappa shape index (κ3) is 4.80. The standard InChI is InChI=1S/C19H23FN2O2/c1-13-5-7-16(9-14(13)2)21-19(23)12-22(3)11-15-6-8-18(24-4)17(20)10-15/h5-10H,11-12H2,1-4H3,(H,21,23)/p+1. The highest BCUT2D eigenvalue weighted by molar-refractivity contribution is 5.91. The van der Waals surface area contributed by atoms with Gasteiger partial charge in [0.2, 0.25) is 0 Å². The lowest BCUT2D eigenvalue weighted by Crippen LogP contribution is -3.08. The van der Waals surface area contributed by atoms with E-state index in [4.69, 9.17) is 4.74 Å². The van der Waals surface area contributed by atoms with Crippen LogP contribution in [0.15, 0.2) is 36.4 Å². The molecule has 0 spiro atoms. The summed E-state index contributed by atoms with van der Waals surface area (Å²) in [6.07, 6.45) is 0. The van der Waals surface area contributed by atoms with E-state index >= 15 is 0 Å². The summed E-state index contributed by atoms with van der Waals surface area (Å²) in [5.74, 6) is -0.226. The van der Waals surface area contributed by atoms with Crippen molar-refractivity contribution >= 4 is 11.6 Å². The number of amides is 1. The number of aryl methyl sites for hydroxylation is 2. The van der Waals surface area contributed by atoms with Crippen LogP contribution in [0.2, 0.25) is 0 Å². The topological polar surface area (TPSA) is 42.8 Å². The maximum Gasteiger partial charge on any atom is 0.279 e. The third-order valence-electron chi connectivity index (χ3n) is 3.98. The molecule has 0 aromatic heterocycles. The second-order valence-corrected chi connectivity index (χ2v) is 6.13. The smallest absolute Gasteiger partial charge is 0.279 e. The minimum absolute atomic E-state index is 0.0651. The fraction of sp³-hybridized carbons (Fsp3) is 0.316. The Morgan fingerprint density at radius 1 is 1.17 bits per heavy atom. The zero-order valence-corrected chi connectivity index (χ0v) is 14.6. The Labute approximate surface area is 142 Å². The van der Waals surface area contributed by atoms with Gasteiger partial charge >= 0.3 is 0 Å². The number of likely N-dealkylation sites (N-methyl/N-ethyl adjacent to an activating group) is 1. The lowest BCUT2D eigenvalue weighted by atomic mass is 10.1. The van der Waals surface area contributed by atoms with E-state index in [-0.39, 0.29) is 17.5 Å². The van der Waals surface area contributed by atoms with Crippen LogP contribution < -0.4 is 15.0 Å². The minimum Gasteiger partial charge on any atom is -0.494 e. The predicted octanol–water partition coefficient (Wildman–Crippen LogP) is 2.10. The molecule has 1 amide bonds. The van der Waals surface area contributed by atoms with Gasteiger partial charge in [-0.1, -0.05) is 6.07 Å². The van der Waals surface area contributed by atoms with Crippen LogP contribution in [0.5, 0.6) is 5.75 Å². The van der Waals surface area contributed by atoms with Crippen molar-refractivity contribution in [2.75, 3.05) is 26.0 Å². The summed E-state index contributed by atoms with van der Waals surface area (Å²) in [7, 11) is 3.34. The van der Waals surface area contributed by atoms with Crippen LogP contribution in [0.3, 0.4) is 0 Å². The summed E-state index contributed by atoms with van der Waals surface area (Å²) >= 11 is 0. The number of methoxy groups -OCH3 is 1. The van der Waals surface area contributed by atoms with E-state index in [0.717, 1.165) is 21.7 Å². The quantitative estimate of drug-likeness (QED) is 0.851. The van der Waals surface area contributed by atoms with Gasteiger partial charge in [-0.3, -0.25) is 4.79 Å². The number of quaternary nitrogens is 1. The first-order chi connectivity index (χ1) is 11.4. The summed E-state index contributed by atoms with van der Waals surface area (Å²) in [6.45, 7) is 4.91. The van der Waals surface area contributed by atoms with E-state index in [1.807, 2.05) is 45.2 Å². The van der Waals surface area contributed by atoms with Crippen molar-refractivity contribution < 1.29 is 18.8 Å². The summed E-state index contributed by atoms with van der Waals surface area (Å²) in [4.78, 5) is 13.1. The van der Waals surface area contributed by atoms with Crippen molar-refractivity contribution in [3.05, 3.63) is 58.9 Å². The number of carbonyl (C=O) groups excluding carboxylic acids is 1. The summed E-state index contributed by atoms with van der Waals surface area (Å²) in [5.41, 5.74) is 3.95. The van der Waals surface area contributed by atoms with Crippen LogP contribution in [0.25, 0.3) is 0 Å². The van der Waals surface area contributed by atoms with Gasteiger partial charge in [-0.2, -0.15) is 0 Å². The van der Waals surface area contributed by atoms with Gasteiger partial charge in [0.15, 0.2) is 18.1 Å². The van der Waals surface area contributed by atoms with Crippen molar-refractivity contribution in [3.8, 4) is 5.75 Å². The molecule has 0 fully saturated rings. The number of nitrogens with one attached hydrogen (secondary N) is 2. The first kappa shape index (κ1) is 17.9. The molecule has 2 N–H and O–H groups in total. The molecule has 5 heteroatoms. The molecule has 0 saturated heterocycles. The fourth-order valence-electron chi connectivity index (χ4n) is 2.53. The number of halogens is 1. The van der Waals surface area contributed by atoms with Crippen molar-refractivity contribution in [1.29, 1.82) is 0 Å². The Bertz CT molecular complexity index is 731. The highest BCUT2D eigenvalue weighted by Gasteiger charge is 2.12. The molecule has 24 heavy (non-hydrogen) atoms. The highest BCUT2D eigenvalue weighted by atomic mass is 19.1. The molecule has 2 rings (SSSR count). The second-order valence-electron chi connectivity index (χ2n) is 6.13. The molecule has 0 heterocycles. The van der Waals surface area contributed by atoms with Crippen LogP contribution in [-0.4, -0.2) is 26.6 Å². The molecule has 0 aliphatic heterocycles. The molecule has 0 aliphatic rings. The van der Waals surface area contributed by atoms with Crippen LogP contribution in [0, 0.1) is 19.7 Å². The molecule has 2 aromatic carbocycles. The van der Waals surface area contributed by atoms with Crippen LogP contribution >= 0.6 is 0 Å². The van der Waals surface area contributed by atoms with Gasteiger partial charge < -0.3 is 15.0 Å². The van der Waals surface area contributed by atoms with Gasteiger partial charge in [0.1, 0.15) is 6.54 Å². The largest absolute Gasteiger partial charge is 0.494 e. The maximum absolute atomic E-state index is 13.7. The zero-order chi connectivity index (χ0) is 17.7. The van der Waals surface area contributed by atoms with Crippen molar-refractivity contribution in [1.82, 2.24) is 0 Å². The summed E-state index contributed by atoms with van der Waals surface area (Å²) < 4.78 is 18.6. The molecule has 0 saturated carbocycles. The van der Waals surface area contributed by atoms with Gasteiger partial charge in [0.05, 0.1) is 14.2 Å². The van der Waals surface area contributed by atoms with Crippen LogP contribution in [-0.2, 0) is 11.3 Å². The Kier molecular flexibility index (Phi) is 5.93. The molecular weight excluding hydrogens is 307 g/mol. The SMILES string of the molecule is COc1ccc(C[NH+](C)CC(=O)Nc2ccc(C)c(C)c2)cc1F. The first-order valence-corrected chi connectivity index (χ1v) is 7.90. The molecule has 2 aromatic rings. The van der Waals surface area contributed by atoms with Crippen LogP contribution in [0.4, 0.5) is 10.1 Å². The number of anilines is 1. The second kappa shape index (κ2) is 7.93. The van der Waals surface area contributed by atoms with E-state index in [2.05, 4.69) is 5.32 Å². The Morgan fingerprint density at radius 2 is 1.92 bits per heavy atom. The normalized spacial score (nSPS) is 11.9. The number of ether oxygens (including phenoxy) is 1. The van der Waals surface area contributed by atoms with Gasteiger partial charge in [-0.25, -0.2) is 4.39 Å². The number of hydrogen-bond donors (Lipinski definition) is 2. The molecule has 1 unspecified atom stereocenters. The van der Waals surface area contributed by atoms with E-state index in [1.54, 1.807) is 6.07 Å². The maximum atomic E-state index is 13.7. The highest BCUT2D eigenvalue weighted by Crippen LogP contribution is 2.17. The molecular formula is C19H24FN2O2+. The number of benzene rings is 2.